The number of para-hydroxylation sites is 2. The average molecular weight is 624 g/mol. The molecule has 10 heteroatoms. The molecule has 3 heterocycles. The van der Waals surface area contributed by atoms with Crippen molar-refractivity contribution in [3.8, 4) is 39.9 Å². The zero-order valence-electron chi connectivity index (χ0n) is 28.2. The first-order chi connectivity index (χ1) is 23.9. The molecule has 9 aromatic rings. The smallest absolute Gasteiger partial charge is 0.238 e. The highest BCUT2D eigenvalue weighted by molar-refractivity contribution is 6.68. The zero-order chi connectivity index (χ0) is 33.4. The lowest BCUT2D eigenvalue weighted by Gasteiger charge is -2.20. The topological polar surface area (TPSA) is 56.7 Å². The molecule has 0 unspecified atom stereocenters. The van der Waals surface area contributed by atoms with Crippen molar-refractivity contribution in [3.63, 3.8) is 0 Å². The lowest BCUT2D eigenvalue weighted by Crippen LogP contribution is -2.55. The number of furan rings is 1. The van der Waals surface area contributed by atoms with Crippen molar-refractivity contribution >= 4 is 110 Å². The summed E-state index contributed by atoms with van der Waals surface area (Å²) in [5, 5.41) is 4.35. The highest BCUT2D eigenvalue weighted by atomic mass is 16.3. The lowest BCUT2D eigenvalue weighted by molar-refractivity contribution is 0.669. The van der Waals surface area contributed by atoms with Crippen LogP contribution in [0.25, 0.3) is 83.6 Å². The molecule has 0 amide bonds. The first-order valence-corrected chi connectivity index (χ1v) is 16.7. The third-order valence-corrected chi connectivity index (χ3v) is 10.5. The molecule has 0 aliphatic heterocycles. The van der Waals surface area contributed by atoms with Gasteiger partial charge in [-0.2, -0.15) is 9.97 Å². The molecule has 226 valence electrons. The van der Waals surface area contributed by atoms with Gasteiger partial charge in [0.25, 0.3) is 0 Å². The van der Waals surface area contributed by atoms with Crippen molar-refractivity contribution in [2.75, 3.05) is 0 Å². The summed E-state index contributed by atoms with van der Waals surface area (Å²) in [7, 11) is 11.1. The van der Waals surface area contributed by atoms with Crippen LogP contribution in [0.1, 0.15) is 0 Å². The van der Waals surface area contributed by atoms with Gasteiger partial charge in [-0.3, -0.25) is 4.57 Å². The maximum absolute atomic E-state index is 6.49. The summed E-state index contributed by atoms with van der Waals surface area (Å²) in [5.41, 5.74) is 14.7. The highest BCUT2D eigenvalue weighted by Gasteiger charge is 2.21. The van der Waals surface area contributed by atoms with Crippen LogP contribution in [0.4, 0.5) is 0 Å². The van der Waals surface area contributed by atoms with Gasteiger partial charge in [0, 0.05) is 32.7 Å². The van der Waals surface area contributed by atoms with Gasteiger partial charge >= 0.3 is 0 Å². The molecule has 0 saturated heterocycles. The number of benzene rings is 6. The van der Waals surface area contributed by atoms with Gasteiger partial charge in [0.15, 0.2) is 11.6 Å². The number of hydrogen-bond donors (Lipinski definition) is 0. The van der Waals surface area contributed by atoms with E-state index in [4.69, 9.17) is 19.4 Å². The zero-order valence-corrected chi connectivity index (χ0v) is 28.2. The molecule has 0 radical (unpaired) electrons. The average Bonchev–Trinajstić information content (AvgIpc) is 3.69. The first kappa shape index (κ1) is 29.4. The Balaban J connectivity index is 1.33. The van der Waals surface area contributed by atoms with E-state index >= 15 is 0 Å². The van der Waals surface area contributed by atoms with Gasteiger partial charge in [0.2, 0.25) is 5.95 Å². The quantitative estimate of drug-likeness (QED) is 0.277. The summed E-state index contributed by atoms with van der Waals surface area (Å²) < 4.78 is 8.64. The van der Waals surface area contributed by atoms with E-state index in [9.17, 15) is 0 Å². The number of rotatable bonds is 4. The molecule has 0 atom stereocenters. The molecule has 3 aromatic heterocycles. The summed E-state index contributed by atoms with van der Waals surface area (Å²) in [6.07, 6.45) is 0. The number of aromatic nitrogens is 4. The Bertz CT molecular complexity index is 2710. The Morgan fingerprint density at radius 2 is 1.08 bits per heavy atom. The second-order valence-electron chi connectivity index (χ2n) is 13.0. The van der Waals surface area contributed by atoms with E-state index < -0.39 is 0 Å². The van der Waals surface area contributed by atoms with E-state index in [-0.39, 0.29) is 0 Å². The van der Waals surface area contributed by atoms with Gasteiger partial charge in [-0.15, -0.1) is 16.4 Å². The number of nitrogens with zero attached hydrogens (tertiary/aromatic N) is 4. The number of hydrogen-bond acceptors (Lipinski definition) is 4. The molecule has 0 spiro atoms. The number of fused-ring (bicyclic) bond motifs is 6. The Hall–Kier alpha value is -5.75. The summed E-state index contributed by atoms with van der Waals surface area (Å²) in [5.74, 6) is 1.78. The molecule has 49 heavy (non-hydrogen) atoms. The van der Waals surface area contributed by atoms with E-state index in [1.54, 1.807) is 0 Å². The maximum atomic E-state index is 6.49. The van der Waals surface area contributed by atoms with Crippen LogP contribution in [0.15, 0.2) is 120 Å². The summed E-state index contributed by atoms with van der Waals surface area (Å²) in [6, 6.07) is 39.7. The van der Waals surface area contributed by atoms with Crippen LogP contribution < -0.4 is 27.3 Å². The fourth-order valence-electron chi connectivity index (χ4n) is 7.54. The normalized spacial score (nSPS) is 11.7. The molecule has 0 N–H and O–H groups in total. The van der Waals surface area contributed by atoms with Gasteiger partial charge in [0.05, 0.1) is 11.0 Å². The van der Waals surface area contributed by atoms with Crippen molar-refractivity contribution < 1.29 is 4.42 Å². The Morgan fingerprint density at radius 3 is 1.78 bits per heavy atom. The molecular formula is C39H29B5N4O. The minimum absolute atomic E-state index is 0.573. The third kappa shape index (κ3) is 4.51. The van der Waals surface area contributed by atoms with Crippen LogP contribution in [0.5, 0.6) is 0 Å². The Morgan fingerprint density at radius 1 is 0.469 bits per heavy atom. The SMILES string of the molecule is Bc1c(B)c(B)c(-c2ccc3oc4cccc(-c5nc(-c6ccccc6)nc(-n6c7ccccc7c7ccccc76)n5)c4c3c2)c(B)c1B. The van der Waals surface area contributed by atoms with Gasteiger partial charge in [0.1, 0.15) is 50.4 Å². The van der Waals surface area contributed by atoms with Crippen LogP contribution in [0, 0.1) is 0 Å². The van der Waals surface area contributed by atoms with Crippen LogP contribution in [0.3, 0.4) is 0 Å². The van der Waals surface area contributed by atoms with Crippen LogP contribution in [-0.4, -0.2) is 58.8 Å². The van der Waals surface area contributed by atoms with Gasteiger partial charge in [-0.1, -0.05) is 95.9 Å². The van der Waals surface area contributed by atoms with Crippen molar-refractivity contribution in [2.24, 2.45) is 0 Å². The van der Waals surface area contributed by atoms with Crippen molar-refractivity contribution in [2.45, 2.75) is 0 Å². The van der Waals surface area contributed by atoms with E-state index in [0.717, 1.165) is 54.9 Å². The molecule has 5 nitrogen and oxygen atoms in total. The van der Waals surface area contributed by atoms with Gasteiger partial charge < -0.3 is 4.42 Å². The van der Waals surface area contributed by atoms with Crippen LogP contribution in [-0.2, 0) is 0 Å². The third-order valence-electron chi connectivity index (χ3n) is 10.5. The van der Waals surface area contributed by atoms with E-state index in [1.165, 1.54) is 38.4 Å². The van der Waals surface area contributed by atoms with E-state index in [2.05, 4.69) is 117 Å². The predicted octanol–water partition coefficient (Wildman–Crippen LogP) is 1.16. The molecular weight excluding hydrogens is 595 g/mol. The van der Waals surface area contributed by atoms with Crippen molar-refractivity contribution in [3.05, 3.63) is 115 Å². The van der Waals surface area contributed by atoms with Crippen LogP contribution >= 0.6 is 0 Å². The van der Waals surface area contributed by atoms with Gasteiger partial charge in [-0.05, 0) is 41.5 Å². The summed E-state index contributed by atoms with van der Waals surface area (Å²) in [6.45, 7) is 0. The van der Waals surface area contributed by atoms with Crippen LogP contribution in [0.2, 0.25) is 0 Å². The Labute approximate surface area is 288 Å². The summed E-state index contributed by atoms with van der Waals surface area (Å²) >= 11 is 0. The Kier molecular flexibility index (Phi) is 6.70. The molecule has 0 aliphatic rings. The monoisotopic (exact) mass is 624 g/mol. The maximum Gasteiger partial charge on any atom is 0.238 e. The first-order valence-electron chi connectivity index (χ1n) is 16.7. The highest BCUT2D eigenvalue weighted by Crippen LogP contribution is 2.38. The summed E-state index contributed by atoms with van der Waals surface area (Å²) in [4.78, 5) is 15.5. The second-order valence-corrected chi connectivity index (χ2v) is 13.0. The standard InChI is InChI=1S/C39H29B5N4O/c40-32-30(33(41)35(43)36(44)34(32)42)21-17-18-28-25(19-21)31-24(13-8-16-29(31)49-28)38-45-37(20-9-2-1-3-10-20)46-39(47-38)48-26-14-6-4-11-22(26)23-12-5-7-15-27(23)48/h1-19H,40-44H2. The minimum Gasteiger partial charge on any atom is -0.456 e. The molecule has 0 aliphatic carbocycles. The van der Waals surface area contributed by atoms with Crippen molar-refractivity contribution in [1.82, 2.24) is 19.5 Å². The molecule has 6 aromatic carbocycles. The fourth-order valence-corrected chi connectivity index (χ4v) is 7.54. The second kappa shape index (κ2) is 11.2. The largest absolute Gasteiger partial charge is 0.456 e. The molecule has 0 fully saturated rings. The molecule has 0 saturated carbocycles. The lowest BCUT2D eigenvalue weighted by atomic mass is 9.59. The van der Waals surface area contributed by atoms with Gasteiger partial charge in [-0.25, -0.2) is 4.98 Å². The molecule has 9 rings (SSSR count). The van der Waals surface area contributed by atoms with Crippen molar-refractivity contribution in [1.29, 1.82) is 0 Å². The fraction of sp³-hybridized carbons (Fsp3) is 0. The van der Waals surface area contributed by atoms with E-state index in [0.29, 0.717) is 17.6 Å². The molecule has 0 bridgehead atoms. The van der Waals surface area contributed by atoms with E-state index in [1.807, 2.05) is 42.5 Å². The predicted molar refractivity (Wildman–Crippen MR) is 219 cm³/mol. The minimum atomic E-state index is 0.573.